The van der Waals surface area contributed by atoms with Crippen LogP contribution in [-0.2, 0) is 6.54 Å². The molecule has 29 heavy (non-hydrogen) atoms. The minimum Gasteiger partial charge on any atom is -0.460 e. The number of hydrogen-bond donors (Lipinski definition) is 1. The highest BCUT2D eigenvalue weighted by Crippen LogP contribution is 2.25. The summed E-state index contributed by atoms with van der Waals surface area (Å²) in [6.45, 7) is 5.44. The number of fused-ring (bicyclic) bond motifs is 1. The Morgan fingerprint density at radius 2 is 1.93 bits per heavy atom. The Labute approximate surface area is 168 Å². The molecule has 1 N–H and O–H groups in total. The highest BCUT2D eigenvalue weighted by atomic mass is 19.1. The zero-order valence-electron chi connectivity index (χ0n) is 16.5. The third-order valence-electron chi connectivity index (χ3n) is 5.45. The Bertz CT molecular complexity index is 1020. The van der Waals surface area contributed by atoms with E-state index in [4.69, 9.17) is 4.42 Å². The van der Waals surface area contributed by atoms with Crippen molar-refractivity contribution in [1.29, 1.82) is 0 Å². The number of carbonyl (C=O) groups is 1. The van der Waals surface area contributed by atoms with Gasteiger partial charge < -0.3 is 19.2 Å². The van der Waals surface area contributed by atoms with E-state index in [2.05, 4.69) is 10.2 Å². The first-order valence-corrected chi connectivity index (χ1v) is 10.1. The molecule has 0 bridgehead atoms. The number of aryl methyl sites for hydroxylation is 1. The van der Waals surface area contributed by atoms with Gasteiger partial charge in [0.1, 0.15) is 23.1 Å². The Morgan fingerprint density at radius 3 is 2.69 bits per heavy atom. The molecule has 4 rings (SSSR count). The van der Waals surface area contributed by atoms with Crippen molar-refractivity contribution in [3.8, 4) is 0 Å². The Morgan fingerprint density at radius 1 is 1.14 bits per heavy atom. The van der Waals surface area contributed by atoms with Gasteiger partial charge in [-0.05, 0) is 38.9 Å². The number of piperidine rings is 1. The van der Waals surface area contributed by atoms with Crippen LogP contribution in [0.15, 0.2) is 34.7 Å². The van der Waals surface area contributed by atoms with Crippen molar-refractivity contribution >= 4 is 17.0 Å². The molecule has 1 saturated heterocycles. The van der Waals surface area contributed by atoms with Crippen LogP contribution in [0.4, 0.5) is 8.78 Å². The van der Waals surface area contributed by atoms with E-state index < -0.39 is 11.6 Å². The average molecular weight is 401 g/mol. The van der Waals surface area contributed by atoms with Crippen molar-refractivity contribution in [2.45, 2.75) is 32.7 Å². The molecule has 154 valence electrons. The maximum Gasteiger partial charge on any atom is 0.268 e. The molecule has 0 radical (unpaired) electrons. The monoisotopic (exact) mass is 401 g/mol. The van der Waals surface area contributed by atoms with Gasteiger partial charge in [-0.15, -0.1) is 0 Å². The number of benzene rings is 1. The van der Waals surface area contributed by atoms with Crippen molar-refractivity contribution in [1.82, 2.24) is 14.8 Å². The van der Waals surface area contributed by atoms with Crippen molar-refractivity contribution in [2.75, 3.05) is 26.2 Å². The Hall–Kier alpha value is -2.67. The molecule has 1 aliphatic heterocycles. The summed E-state index contributed by atoms with van der Waals surface area (Å²) in [6.07, 6.45) is 3.68. The van der Waals surface area contributed by atoms with Crippen LogP contribution in [-0.4, -0.2) is 41.6 Å². The standard InChI is InChI=1S/C22H25F2N3O2/c1-15-11-19-21(29-15)13-20(22(28)25-7-10-26-8-3-2-4-9-26)27(19)14-16-5-6-17(23)12-18(16)24/h5-6,11-13H,2-4,7-10,14H2,1H3,(H,25,28). The van der Waals surface area contributed by atoms with Gasteiger partial charge in [-0.25, -0.2) is 8.78 Å². The molecule has 1 aromatic carbocycles. The van der Waals surface area contributed by atoms with Gasteiger partial charge in [0.05, 0.1) is 12.1 Å². The number of furan rings is 1. The molecule has 1 amide bonds. The second-order valence-electron chi connectivity index (χ2n) is 7.62. The molecule has 3 aromatic rings. The lowest BCUT2D eigenvalue weighted by atomic mass is 10.1. The van der Waals surface area contributed by atoms with Gasteiger partial charge in [-0.2, -0.15) is 0 Å². The first-order valence-electron chi connectivity index (χ1n) is 10.1. The summed E-state index contributed by atoms with van der Waals surface area (Å²) in [5, 5.41) is 2.96. The van der Waals surface area contributed by atoms with Gasteiger partial charge in [0, 0.05) is 36.9 Å². The summed E-state index contributed by atoms with van der Waals surface area (Å²) in [4.78, 5) is 15.2. The molecule has 3 heterocycles. The smallest absolute Gasteiger partial charge is 0.268 e. The highest BCUT2D eigenvalue weighted by molar-refractivity contribution is 5.97. The van der Waals surface area contributed by atoms with E-state index in [1.54, 1.807) is 10.6 Å². The second kappa shape index (κ2) is 8.37. The second-order valence-corrected chi connectivity index (χ2v) is 7.62. The summed E-state index contributed by atoms with van der Waals surface area (Å²) < 4.78 is 34.8. The van der Waals surface area contributed by atoms with Crippen LogP contribution in [0.3, 0.4) is 0 Å². The van der Waals surface area contributed by atoms with Crippen LogP contribution in [0.2, 0.25) is 0 Å². The molecule has 0 aliphatic carbocycles. The third kappa shape index (κ3) is 4.34. The molecule has 7 heteroatoms. The van der Waals surface area contributed by atoms with E-state index in [0.29, 0.717) is 34.7 Å². The minimum absolute atomic E-state index is 0.115. The van der Waals surface area contributed by atoms with Gasteiger partial charge in [0.15, 0.2) is 5.58 Å². The number of aromatic nitrogens is 1. The topological polar surface area (TPSA) is 50.4 Å². The lowest BCUT2D eigenvalue weighted by Crippen LogP contribution is -2.38. The fraction of sp³-hybridized carbons (Fsp3) is 0.409. The first kappa shape index (κ1) is 19.6. The number of halogens is 2. The first-order chi connectivity index (χ1) is 14.0. The van der Waals surface area contributed by atoms with Gasteiger partial charge in [-0.1, -0.05) is 12.5 Å². The van der Waals surface area contributed by atoms with Gasteiger partial charge >= 0.3 is 0 Å². The summed E-state index contributed by atoms with van der Waals surface area (Å²) in [7, 11) is 0. The predicted octanol–water partition coefficient (Wildman–Crippen LogP) is 4.08. The molecular formula is C22H25F2N3O2. The van der Waals surface area contributed by atoms with Crippen LogP contribution < -0.4 is 5.32 Å². The van der Waals surface area contributed by atoms with Crippen LogP contribution in [0, 0.1) is 18.6 Å². The van der Waals surface area contributed by atoms with Crippen LogP contribution in [0.1, 0.15) is 41.1 Å². The van der Waals surface area contributed by atoms with Crippen molar-refractivity contribution in [2.24, 2.45) is 0 Å². The summed E-state index contributed by atoms with van der Waals surface area (Å²) in [6, 6.07) is 6.98. The van der Waals surface area contributed by atoms with E-state index in [1.165, 1.54) is 31.4 Å². The van der Waals surface area contributed by atoms with Gasteiger partial charge in [0.2, 0.25) is 0 Å². The molecule has 0 unspecified atom stereocenters. The lowest BCUT2D eigenvalue weighted by Gasteiger charge is -2.26. The molecular weight excluding hydrogens is 376 g/mol. The number of carbonyl (C=O) groups excluding carboxylic acids is 1. The van der Waals surface area contributed by atoms with E-state index in [0.717, 1.165) is 25.7 Å². The van der Waals surface area contributed by atoms with Gasteiger partial charge in [-0.3, -0.25) is 4.79 Å². The maximum atomic E-state index is 14.2. The third-order valence-corrected chi connectivity index (χ3v) is 5.45. The fourth-order valence-electron chi connectivity index (χ4n) is 3.94. The summed E-state index contributed by atoms with van der Waals surface area (Å²) in [5.41, 5.74) is 2.00. The zero-order chi connectivity index (χ0) is 20.4. The largest absolute Gasteiger partial charge is 0.460 e. The Kier molecular flexibility index (Phi) is 5.67. The van der Waals surface area contributed by atoms with Crippen LogP contribution in [0.25, 0.3) is 11.1 Å². The van der Waals surface area contributed by atoms with Crippen molar-refractivity contribution < 1.29 is 18.0 Å². The van der Waals surface area contributed by atoms with Crippen LogP contribution in [0.5, 0.6) is 0 Å². The molecule has 2 aromatic heterocycles. The molecule has 0 spiro atoms. The van der Waals surface area contributed by atoms with Crippen molar-refractivity contribution in [3.63, 3.8) is 0 Å². The molecule has 0 saturated carbocycles. The number of amides is 1. The number of rotatable bonds is 6. The number of nitrogens with zero attached hydrogens (tertiary/aromatic N) is 2. The zero-order valence-corrected chi connectivity index (χ0v) is 16.5. The molecule has 1 fully saturated rings. The SMILES string of the molecule is Cc1cc2c(cc(C(=O)NCCN3CCCCC3)n2Cc2ccc(F)cc2F)o1. The van der Waals surface area contributed by atoms with Crippen molar-refractivity contribution in [3.05, 3.63) is 59.0 Å². The maximum absolute atomic E-state index is 14.2. The predicted molar refractivity (Wildman–Crippen MR) is 107 cm³/mol. The quantitative estimate of drug-likeness (QED) is 0.677. The summed E-state index contributed by atoms with van der Waals surface area (Å²) >= 11 is 0. The minimum atomic E-state index is -0.636. The molecule has 5 nitrogen and oxygen atoms in total. The molecule has 1 aliphatic rings. The van der Waals surface area contributed by atoms with E-state index in [-0.39, 0.29) is 12.5 Å². The van der Waals surface area contributed by atoms with E-state index in [9.17, 15) is 13.6 Å². The van der Waals surface area contributed by atoms with Gasteiger partial charge in [0.25, 0.3) is 5.91 Å². The fourth-order valence-corrected chi connectivity index (χ4v) is 3.94. The van der Waals surface area contributed by atoms with E-state index >= 15 is 0 Å². The van der Waals surface area contributed by atoms with E-state index in [1.807, 2.05) is 13.0 Å². The lowest BCUT2D eigenvalue weighted by molar-refractivity contribution is 0.0938. The number of hydrogen-bond acceptors (Lipinski definition) is 3. The highest BCUT2D eigenvalue weighted by Gasteiger charge is 2.20. The number of likely N-dealkylation sites (tertiary alicyclic amines) is 1. The number of nitrogens with one attached hydrogen (secondary N) is 1. The molecule has 0 atom stereocenters. The van der Waals surface area contributed by atoms with Crippen LogP contribution >= 0.6 is 0 Å². The average Bonchev–Trinajstić information content (AvgIpc) is 3.21. The normalized spacial score (nSPS) is 15.1. The Balaban J connectivity index is 1.54. The summed E-state index contributed by atoms with van der Waals surface area (Å²) in [5.74, 6) is -0.781.